The molecule has 1 heterocycles. The van der Waals surface area contributed by atoms with Crippen LogP contribution in [0.15, 0.2) is 30.6 Å². The molecule has 2 rings (SSSR count). The summed E-state index contributed by atoms with van der Waals surface area (Å²) in [6.07, 6.45) is 2.72. The van der Waals surface area contributed by atoms with E-state index < -0.39 is 5.97 Å². The molecule has 0 radical (unpaired) electrons. The first-order valence-corrected chi connectivity index (χ1v) is 6.20. The van der Waals surface area contributed by atoms with E-state index in [1.54, 1.807) is 12.1 Å². The molecule has 0 unspecified atom stereocenters. The average molecular weight is 377 g/mol. The monoisotopic (exact) mass is 376 g/mol. The summed E-state index contributed by atoms with van der Waals surface area (Å²) in [6, 6.07) is 4.81. The van der Waals surface area contributed by atoms with Gasteiger partial charge in [-0.25, -0.2) is 4.79 Å². The Kier molecular flexibility index (Phi) is 3.97. The zero-order valence-electron chi connectivity index (χ0n) is 8.80. The largest absolute Gasteiger partial charge is 0.478 e. The number of nitrogens with zero attached hydrogens (tertiary/aromatic N) is 2. The fraction of sp³-hybridized carbons (Fsp3) is 0. The number of carbonyl (C=O) groups is 1. The van der Waals surface area contributed by atoms with E-state index in [0.717, 1.165) is 3.57 Å². The molecule has 0 saturated heterocycles. The lowest BCUT2D eigenvalue weighted by Gasteiger charge is -2.07. The first kappa shape index (κ1) is 13.0. The maximum absolute atomic E-state index is 11.1. The predicted molar refractivity (Wildman–Crippen MR) is 73.2 cm³/mol. The first-order chi connectivity index (χ1) is 8.56. The van der Waals surface area contributed by atoms with Gasteiger partial charge in [-0.2, -0.15) is 4.98 Å². The lowest BCUT2D eigenvalue weighted by Crippen LogP contribution is -2.01. The summed E-state index contributed by atoms with van der Waals surface area (Å²) in [4.78, 5) is 18.8. The maximum atomic E-state index is 11.1. The zero-order chi connectivity index (χ0) is 13.1. The van der Waals surface area contributed by atoms with Crippen molar-refractivity contribution in [1.29, 1.82) is 0 Å². The Labute approximate surface area is 121 Å². The van der Waals surface area contributed by atoms with Crippen molar-refractivity contribution in [3.63, 3.8) is 0 Å². The molecule has 7 heteroatoms. The highest BCUT2D eigenvalue weighted by Crippen LogP contribution is 2.26. The number of halogens is 2. The van der Waals surface area contributed by atoms with Crippen molar-refractivity contribution in [3.05, 3.63) is 44.9 Å². The van der Waals surface area contributed by atoms with Crippen LogP contribution in [0.1, 0.15) is 10.4 Å². The van der Waals surface area contributed by atoms with Crippen molar-refractivity contribution in [3.8, 4) is 11.6 Å². The highest BCUT2D eigenvalue weighted by Gasteiger charge is 2.13. The van der Waals surface area contributed by atoms with Crippen molar-refractivity contribution in [1.82, 2.24) is 9.97 Å². The van der Waals surface area contributed by atoms with E-state index in [0.29, 0.717) is 0 Å². The number of hydrogen-bond donors (Lipinski definition) is 1. The molecule has 0 saturated carbocycles. The van der Waals surface area contributed by atoms with Gasteiger partial charge in [0, 0.05) is 3.57 Å². The quantitative estimate of drug-likeness (QED) is 0.833. The SMILES string of the molecule is O=C(O)c1cc(I)ccc1Oc1cncc(Cl)n1. The number of hydrogen-bond acceptors (Lipinski definition) is 4. The van der Waals surface area contributed by atoms with E-state index in [4.69, 9.17) is 21.4 Å². The summed E-state index contributed by atoms with van der Waals surface area (Å²) in [5.74, 6) is -0.732. The van der Waals surface area contributed by atoms with Crippen molar-refractivity contribution in [2.24, 2.45) is 0 Å². The van der Waals surface area contributed by atoms with Gasteiger partial charge in [-0.1, -0.05) is 11.6 Å². The van der Waals surface area contributed by atoms with Crippen molar-refractivity contribution < 1.29 is 14.6 Å². The molecule has 0 amide bonds. The second-order valence-corrected chi connectivity index (χ2v) is 4.86. The number of aromatic nitrogens is 2. The Morgan fingerprint density at radius 2 is 2.17 bits per heavy atom. The average Bonchev–Trinajstić information content (AvgIpc) is 2.31. The maximum Gasteiger partial charge on any atom is 0.339 e. The Hall–Kier alpha value is -1.41. The minimum atomic E-state index is -1.07. The van der Waals surface area contributed by atoms with E-state index in [-0.39, 0.29) is 22.3 Å². The van der Waals surface area contributed by atoms with Crippen LogP contribution in [0.2, 0.25) is 5.15 Å². The van der Waals surface area contributed by atoms with Gasteiger partial charge >= 0.3 is 5.97 Å². The molecule has 0 bridgehead atoms. The molecule has 0 fully saturated rings. The zero-order valence-corrected chi connectivity index (χ0v) is 11.7. The minimum absolute atomic E-state index is 0.0590. The van der Waals surface area contributed by atoms with E-state index in [1.807, 2.05) is 22.6 Å². The third-order valence-electron chi connectivity index (χ3n) is 1.97. The molecule has 0 aliphatic rings. The number of aromatic carboxylic acids is 1. The molecule has 0 aliphatic carbocycles. The fourth-order valence-corrected chi connectivity index (χ4v) is 1.88. The van der Waals surface area contributed by atoms with Gasteiger partial charge in [0.25, 0.3) is 0 Å². The standard InChI is InChI=1S/C11H6ClIN2O3/c12-9-4-14-5-10(15-9)18-8-2-1-6(13)3-7(8)11(16)17/h1-5H,(H,16,17). The third-order valence-corrected chi connectivity index (χ3v) is 2.82. The molecular weight excluding hydrogens is 370 g/mol. The number of carboxylic acid groups (broad SMARTS) is 1. The van der Waals surface area contributed by atoms with Crippen LogP contribution in [-0.2, 0) is 0 Å². The molecule has 5 nitrogen and oxygen atoms in total. The molecule has 1 aromatic carbocycles. The van der Waals surface area contributed by atoms with Crippen LogP contribution >= 0.6 is 34.2 Å². The smallest absolute Gasteiger partial charge is 0.339 e. The topological polar surface area (TPSA) is 72.3 Å². The summed E-state index contributed by atoms with van der Waals surface area (Å²) in [5.41, 5.74) is 0.0590. The van der Waals surface area contributed by atoms with Gasteiger partial charge in [-0.05, 0) is 40.8 Å². The Morgan fingerprint density at radius 3 is 2.83 bits per heavy atom. The van der Waals surface area contributed by atoms with Gasteiger partial charge in [-0.15, -0.1) is 0 Å². The molecular formula is C11H6ClIN2O3. The second kappa shape index (κ2) is 5.49. The number of ether oxygens (including phenoxy) is 1. The minimum Gasteiger partial charge on any atom is -0.478 e. The van der Waals surface area contributed by atoms with Gasteiger partial charge in [0.05, 0.1) is 12.4 Å². The summed E-state index contributed by atoms with van der Waals surface area (Å²) < 4.78 is 6.16. The van der Waals surface area contributed by atoms with Crippen LogP contribution in [0.3, 0.4) is 0 Å². The van der Waals surface area contributed by atoms with Gasteiger partial charge in [0.1, 0.15) is 11.3 Å². The number of rotatable bonds is 3. The summed E-state index contributed by atoms with van der Waals surface area (Å²) in [7, 11) is 0. The van der Waals surface area contributed by atoms with Crippen molar-refractivity contribution in [2.75, 3.05) is 0 Å². The van der Waals surface area contributed by atoms with Crippen molar-refractivity contribution in [2.45, 2.75) is 0 Å². The highest BCUT2D eigenvalue weighted by atomic mass is 127. The summed E-state index contributed by atoms with van der Waals surface area (Å²) in [6.45, 7) is 0. The Bertz CT molecular complexity index is 607. The van der Waals surface area contributed by atoms with E-state index in [2.05, 4.69) is 9.97 Å². The third kappa shape index (κ3) is 3.08. The van der Waals surface area contributed by atoms with Crippen LogP contribution in [0.25, 0.3) is 0 Å². The van der Waals surface area contributed by atoms with Crippen LogP contribution in [0.5, 0.6) is 11.6 Å². The van der Waals surface area contributed by atoms with Gasteiger partial charge in [0.15, 0.2) is 5.15 Å². The van der Waals surface area contributed by atoms with E-state index in [1.165, 1.54) is 18.5 Å². The van der Waals surface area contributed by atoms with Crippen LogP contribution in [-0.4, -0.2) is 21.0 Å². The first-order valence-electron chi connectivity index (χ1n) is 4.74. The number of benzene rings is 1. The normalized spacial score (nSPS) is 10.1. The lowest BCUT2D eigenvalue weighted by molar-refractivity contribution is 0.0694. The van der Waals surface area contributed by atoms with Crippen LogP contribution < -0.4 is 4.74 Å². The fourth-order valence-electron chi connectivity index (χ4n) is 1.25. The lowest BCUT2D eigenvalue weighted by atomic mass is 10.2. The summed E-state index contributed by atoms with van der Waals surface area (Å²) >= 11 is 7.69. The van der Waals surface area contributed by atoms with E-state index in [9.17, 15) is 4.79 Å². The van der Waals surface area contributed by atoms with Gasteiger partial charge in [-0.3, -0.25) is 4.98 Å². The van der Waals surface area contributed by atoms with Gasteiger partial charge in [0.2, 0.25) is 5.88 Å². The van der Waals surface area contributed by atoms with Gasteiger partial charge < -0.3 is 9.84 Å². The molecule has 1 aromatic heterocycles. The number of carboxylic acids is 1. The molecule has 1 N–H and O–H groups in total. The molecule has 92 valence electrons. The molecule has 18 heavy (non-hydrogen) atoms. The Balaban J connectivity index is 2.37. The highest BCUT2D eigenvalue weighted by molar-refractivity contribution is 14.1. The molecule has 0 atom stereocenters. The van der Waals surface area contributed by atoms with E-state index >= 15 is 0 Å². The Morgan fingerprint density at radius 1 is 1.39 bits per heavy atom. The molecule has 0 spiro atoms. The molecule has 0 aliphatic heterocycles. The predicted octanol–water partition coefficient (Wildman–Crippen LogP) is 3.23. The van der Waals surface area contributed by atoms with Crippen molar-refractivity contribution >= 4 is 40.2 Å². The molecule has 2 aromatic rings. The second-order valence-electron chi connectivity index (χ2n) is 3.23. The summed E-state index contributed by atoms with van der Waals surface area (Å²) in [5, 5.41) is 9.25. The van der Waals surface area contributed by atoms with Crippen LogP contribution in [0.4, 0.5) is 0 Å². The van der Waals surface area contributed by atoms with Crippen LogP contribution in [0, 0.1) is 3.57 Å².